The van der Waals surface area contributed by atoms with Crippen LogP contribution in [0.3, 0.4) is 0 Å². The fraction of sp³-hybridized carbons (Fsp3) is 0.250. The minimum absolute atomic E-state index is 0.0523. The molecule has 0 unspecified atom stereocenters. The van der Waals surface area contributed by atoms with E-state index in [0.29, 0.717) is 10.7 Å². The molecule has 1 heterocycles. The minimum atomic E-state index is -3.84. The first kappa shape index (κ1) is 19.0. The van der Waals surface area contributed by atoms with Crippen LogP contribution in [0.2, 0.25) is 5.02 Å². The number of rotatable bonds is 4. The van der Waals surface area contributed by atoms with Gasteiger partial charge in [0, 0.05) is 23.0 Å². The van der Waals surface area contributed by atoms with E-state index in [1.165, 1.54) is 18.3 Å². The lowest BCUT2D eigenvalue weighted by molar-refractivity contribution is 0.0635. The maximum atomic E-state index is 12.4. The monoisotopic (exact) mass is 383 g/mol. The summed E-state index contributed by atoms with van der Waals surface area (Å²) in [6.07, 6.45) is 0.559. The number of anilines is 2. The van der Waals surface area contributed by atoms with Gasteiger partial charge in [0.25, 0.3) is 10.0 Å². The molecule has 0 aliphatic heterocycles. The Bertz CT molecular complexity index is 862. The molecule has 2 rings (SSSR count). The highest BCUT2D eigenvalue weighted by Crippen LogP contribution is 2.20. The molecule has 134 valence electrons. The molecule has 0 radical (unpaired) electrons. The third-order valence-electron chi connectivity index (χ3n) is 2.77. The maximum absolute atomic E-state index is 12.4. The predicted molar refractivity (Wildman–Crippen MR) is 96.4 cm³/mol. The third-order valence-corrected chi connectivity index (χ3v) is 4.40. The number of ether oxygens (including phenoxy) is 1. The number of nitrogens with zero attached hydrogens (tertiary/aromatic N) is 1. The fourth-order valence-corrected chi connectivity index (χ4v) is 2.98. The van der Waals surface area contributed by atoms with Crippen LogP contribution in [0.1, 0.15) is 20.8 Å². The number of benzene rings is 1. The van der Waals surface area contributed by atoms with Crippen molar-refractivity contribution in [1.82, 2.24) is 4.98 Å². The van der Waals surface area contributed by atoms with Crippen LogP contribution >= 0.6 is 11.6 Å². The molecule has 0 aliphatic carbocycles. The van der Waals surface area contributed by atoms with Crippen LogP contribution in [0.5, 0.6) is 0 Å². The normalized spacial score (nSPS) is 11.7. The highest BCUT2D eigenvalue weighted by molar-refractivity contribution is 7.92. The van der Waals surface area contributed by atoms with E-state index in [4.69, 9.17) is 16.3 Å². The average Bonchev–Trinajstić information content (AvgIpc) is 2.48. The molecule has 0 bridgehead atoms. The molecule has 0 saturated heterocycles. The number of aromatic nitrogens is 1. The van der Waals surface area contributed by atoms with Crippen molar-refractivity contribution in [3.8, 4) is 0 Å². The van der Waals surface area contributed by atoms with Crippen molar-refractivity contribution in [2.75, 3.05) is 10.0 Å². The first-order chi connectivity index (χ1) is 11.5. The predicted octanol–water partition coefficient (Wildman–Crippen LogP) is 3.88. The van der Waals surface area contributed by atoms with Crippen molar-refractivity contribution < 1.29 is 17.9 Å². The number of sulfonamides is 1. The second-order valence-electron chi connectivity index (χ2n) is 6.12. The number of amides is 1. The number of hydrogen-bond donors (Lipinski definition) is 2. The minimum Gasteiger partial charge on any atom is -0.444 e. The summed E-state index contributed by atoms with van der Waals surface area (Å²) >= 11 is 5.78. The van der Waals surface area contributed by atoms with Crippen molar-refractivity contribution in [2.45, 2.75) is 31.3 Å². The highest BCUT2D eigenvalue weighted by Gasteiger charge is 2.19. The van der Waals surface area contributed by atoms with Crippen LogP contribution in [-0.4, -0.2) is 25.1 Å². The molecule has 25 heavy (non-hydrogen) atoms. The van der Waals surface area contributed by atoms with Crippen LogP contribution in [0.4, 0.5) is 16.3 Å². The van der Waals surface area contributed by atoms with Gasteiger partial charge in [0.1, 0.15) is 11.4 Å². The van der Waals surface area contributed by atoms with Crippen molar-refractivity contribution in [3.05, 3.63) is 47.6 Å². The molecule has 2 N–H and O–H groups in total. The lowest BCUT2D eigenvalue weighted by Crippen LogP contribution is -2.27. The Hall–Kier alpha value is -2.32. The number of halogens is 1. The Morgan fingerprint density at radius 3 is 2.40 bits per heavy atom. The van der Waals surface area contributed by atoms with E-state index in [9.17, 15) is 13.2 Å². The molecule has 1 amide bonds. The Morgan fingerprint density at radius 1 is 1.16 bits per heavy atom. The van der Waals surface area contributed by atoms with Crippen LogP contribution in [0.25, 0.3) is 0 Å². The SMILES string of the molecule is CC(C)(C)OC(=O)Nc1cc(S(=O)(=O)Nc2ccc(Cl)cc2)ccn1. The van der Waals surface area contributed by atoms with Gasteiger partial charge in [-0.3, -0.25) is 10.0 Å². The molecule has 1 aromatic carbocycles. The summed E-state index contributed by atoms with van der Waals surface area (Å²) in [4.78, 5) is 15.6. The van der Waals surface area contributed by atoms with Crippen LogP contribution in [0, 0.1) is 0 Å². The molecular weight excluding hydrogens is 366 g/mol. The van der Waals surface area contributed by atoms with Gasteiger partial charge in [-0.2, -0.15) is 0 Å². The molecule has 0 spiro atoms. The summed E-state index contributed by atoms with van der Waals surface area (Å²) in [7, 11) is -3.84. The number of nitrogens with one attached hydrogen (secondary N) is 2. The standard InChI is InChI=1S/C16H18ClN3O4S/c1-16(2,3)24-15(21)19-14-10-13(8-9-18-14)25(22,23)20-12-6-4-11(17)5-7-12/h4-10,20H,1-3H3,(H,18,19,21). The van der Waals surface area contributed by atoms with Crippen molar-refractivity contribution in [2.24, 2.45) is 0 Å². The number of hydrogen-bond acceptors (Lipinski definition) is 5. The van der Waals surface area contributed by atoms with Gasteiger partial charge in [0.05, 0.1) is 4.90 Å². The molecule has 0 aliphatic rings. The summed E-state index contributed by atoms with van der Waals surface area (Å²) in [6.45, 7) is 5.16. The van der Waals surface area contributed by atoms with E-state index in [-0.39, 0.29) is 10.7 Å². The van der Waals surface area contributed by atoms with Gasteiger partial charge in [0.2, 0.25) is 0 Å². The van der Waals surface area contributed by atoms with Gasteiger partial charge in [-0.25, -0.2) is 18.2 Å². The summed E-state index contributed by atoms with van der Waals surface area (Å²) in [6, 6.07) is 8.78. The Labute approximate surface area is 151 Å². The zero-order chi connectivity index (χ0) is 18.7. The summed E-state index contributed by atoms with van der Waals surface area (Å²) in [5.41, 5.74) is -0.313. The molecule has 7 nitrogen and oxygen atoms in total. The van der Waals surface area contributed by atoms with E-state index < -0.39 is 21.7 Å². The van der Waals surface area contributed by atoms with Crippen LogP contribution < -0.4 is 10.0 Å². The molecule has 2 aromatic rings. The van der Waals surface area contributed by atoms with Gasteiger partial charge >= 0.3 is 6.09 Å². The summed E-state index contributed by atoms with van der Waals surface area (Å²) in [5.74, 6) is 0.0632. The zero-order valence-corrected chi connectivity index (χ0v) is 15.5. The third kappa shape index (κ3) is 5.91. The van der Waals surface area contributed by atoms with E-state index in [1.807, 2.05) is 0 Å². The van der Waals surface area contributed by atoms with Crippen molar-refractivity contribution in [3.63, 3.8) is 0 Å². The quantitative estimate of drug-likeness (QED) is 0.834. The lowest BCUT2D eigenvalue weighted by atomic mass is 10.2. The Kier molecular flexibility index (Phi) is 5.54. The largest absolute Gasteiger partial charge is 0.444 e. The topological polar surface area (TPSA) is 97.4 Å². The summed E-state index contributed by atoms with van der Waals surface area (Å²) < 4.78 is 32.4. The van der Waals surface area contributed by atoms with E-state index >= 15 is 0 Å². The highest BCUT2D eigenvalue weighted by atomic mass is 35.5. The summed E-state index contributed by atoms with van der Waals surface area (Å²) in [5, 5.41) is 2.90. The molecular formula is C16H18ClN3O4S. The molecule has 0 saturated carbocycles. The van der Waals surface area contributed by atoms with Crippen molar-refractivity contribution in [1.29, 1.82) is 0 Å². The van der Waals surface area contributed by atoms with E-state index in [0.717, 1.165) is 0 Å². The molecule has 0 fully saturated rings. The second kappa shape index (κ2) is 7.28. The van der Waals surface area contributed by atoms with Gasteiger partial charge in [-0.1, -0.05) is 11.6 Å². The number of pyridine rings is 1. The van der Waals surface area contributed by atoms with Gasteiger partial charge in [0.15, 0.2) is 0 Å². The smallest absolute Gasteiger partial charge is 0.413 e. The average molecular weight is 384 g/mol. The van der Waals surface area contributed by atoms with Crippen LogP contribution in [0.15, 0.2) is 47.5 Å². The maximum Gasteiger partial charge on any atom is 0.413 e. The van der Waals surface area contributed by atoms with Crippen molar-refractivity contribution >= 4 is 39.2 Å². The zero-order valence-electron chi connectivity index (χ0n) is 13.9. The van der Waals surface area contributed by atoms with Gasteiger partial charge in [-0.05, 0) is 51.1 Å². The van der Waals surface area contributed by atoms with E-state index in [2.05, 4.69) is 15.0 Å². The number of carbonyl (C=O) groups excluding carboxylic acids is 1. The fourth-order valence-electron chi connectivity index (χ4n) is 1.79. The molecule has 1 aromatic heterocycles. The van der Waals surface area contributed by atoms with Gasteiger partial charge in [-0.15, -0.1) is 0 Å². The molecule has 9 heteroatoms. The van der Waals surface area contributed by atoms with Crippen LogP contribution in [-0.2, 0) is 14.8 Å². The Balaban J connectivity index is 2.16. The number of carbonyl (C=O) groups is 1. The lowest BCUT2D eigenvalue weighted by Gasteiger charge is -2.19. The van der Waals surface area contributed by atoms with Gasteiger partial charge < -0.3 is 4.74 Å². The van der Waals surface area contributed by atoms with E-state index in [1.54, 1.807) is 45.0 Å². The second-order valence-corrected chi connectivity index (χ2v) is 8.23. The molecule has 0 atom stereocenters. The first-order valence-corrected chi connectivity index (χ1v) is 9.16. The Morgan fingerprint density at radius 2 is 1.80 bits per heavy atom. The first-order valence-electron chi connectivity index (χ1n) is 7.30.